The summed E-state index contributed by atoms with van der Waals surface area (Å²) in [6, 6.07) is 7.93. The molecule has 0 unspecified atom stereocenters. The van der Waals surface area contributed by atoms with E-state index >= 15 is 0 Å². The number of nitrogens with one attached hydrogen (secondary N) is 2. The Bertz CT molecular complexity index is 962. The Hall–Kier alpha value is -3.62. The molecule has 1 aliphatic heterocycles. The van der Waals surface area contributed by atoms with Crippen molar-refractivity contribution in [1.82, 2.24) is 10.2 Å². The molecule has 31 heavy (non-hydrogen) atoms. The van der Waals surface area contributed by atoms with Crippen LogP contribution in [0.5, 0.6) is 0 Å². The van der Waals surface area contributed by atoms with E-state index in [9.17, 15) is 19.2 Å². The first-order chi connectivity index (χ1) is 14.8. The maximum atomic E-state index is 12.2. The molecule has 0 atom stereocenters. The highest BCUT2D eigenvalue weighted by Crippen LogP contribution is 2.20. The SMILES string of the molecule is Cc1ccc(NC(=O)NC(=O)COC(=O)C2CCN(C(=O)c3ccco3)CC2)cc1C. The van der Waals surface area contributed by atoms with Gasteiger partial charge in [-0.25, -0.2) is 4.79 Å². The number of piperidine rings is 1. The number of hydrogen-bond donors (Lipinski definition) is 2. The summed E-state index contributed by atoms with van der Waals surface area (Å²) in [7, 11) is 0. The number of benzene rings is 1. The summed E-state index contributed by atoms with van der Waals surface area (Å²) in [5, 5.41) is 4.69. The van der Waals surface area contributed by atoms with Crippen LogP contribution in [-0.2, 0) is 14.3 Å². The van der Waals surface area contributed by atoms with E-state index in [-0.39, 0.29) is 11.7 Å². The molecule has 1 fully saturated rings. The van der Waals surface area contributed by atoms with Gasteiger partial charge in [-0.15, -0.1) is 0 Å². The molecule has 0 radical (unpaired) electrons. The molecule has 0 bridgehead atoms. The summed E-state index contributed by atoms with van der Waals surface area (Å²) in [5.74, 6) is -1.60. The summed E-state index contributed by atoms with van der Waals surface area (Å²) < 4.78 is 10.2. The number of furan rings is 1. The number of anilines is 1. The van der Waals surface area contributed by atoms with Gasteiger partial charge in [0, 0.05) is 18.8 Å². The van der Waals surface area contributed by atoms with Crippen LogP contribution in [0.15, 0.2) is 41.0 Å². The predicted octanol–water partition coefficient (Wildman–Crippen LogP) is 2.64. The molecule has 1 aliphatic rings. The second-order valence-corrected chi connectivity index (χ2v) is 7.45. The van der Waals surface area contributed by atoms with Crippen molar-refractivity contribution >= 4 is 29.5 Å². The van der Waals surface area contributed by atoms with E-state index in [0.29, 0.717) is 31.6 Å². The topological polar surface area (TPSA) is 118 Å². The Morgan fingerprint density at radius 3 is 2.48 bits per heavy atom. The van der Waals surface area contributed by atoms with Crippen LogP contribution in [0, 0.1) is 19.8 Å². The van der Waals surface area contributed by atoms with Gasteiger partial charge in [0.2, 0.25) is 0 Å². The number of urea groups is 1. The molecule has 164 valence electrons. The number of carbonyl (C=O) groups is 4. The highest BCUT2D eigenvalue weighted by Gasteiger charge is 2.30. The molecule has 9 nitrogen and oxygen atoms in total. The number of nitrogens with zero attached hydrogens (tertiary/aromatic N) is 1. The van der Waals surface area contributed by atoms with Gasteiger partial charge in [0.25, 0.3) is 11.8 Å². The smallest absolute Gasteiger partial charge is 0.325 e. The fourth-order valence-electron chi connectivity index (χ4n) is 3.27. The molecule has 2 heterocycles. The molecule has 9 heteroatoms. The molecule has 0 saturated carbocycles. The second kappa shape index (κ2) is 9.92. The number of rotatable bonds is 5. The Morgan fingerprint density at radius 2 is 1.84 bits per heavy atom. The van der Waals surface area contributed by atoms with E-state index in [1.54, 1.807) is 29.2 Å². The summed E-state index contributed by atoms with van der Waals surface area (Å²) in [5.41, 5.74) is 2.65. The van der Waals surface area contributed by atoms with E-state index in [0.717, 1.165) is 11.1 Å². The molecule has 1 aromatic heterocycles. The number of imide groups is 1. The molecule has 2 N–H and O–H groups in total. The summed E-state index contributed by atoms with van der Waals surface area (Å²) >= 11 is 0. The van der Waals surface area contributed by atoms with Crippen molar-refractivity contribution in [2.45, 2.75) is 26.7 Å². The lowest BCUT2D eigenvalue weighted by molar-refractivity contribution is -0.153. The molecule has 0 aliphatic carbocycles. The van der Waals surface area contributed by atoms with E-state index in [1.807, 2.05) is 19.9 Å². The van der Waals surface area contributed by atoms with Crippen molar-refractivity contribution in [1.29, 1.82) is 0 Å². The third-order valence-corrected chi connectivity index (χ3v) is 5.21. The molecular weight excluding hydrogens is 402 g/mol. The van der Waals surface area contributed by atoms with Crippen LogP contribution in [0.2, 0.25) is 0 Å². The lowest BCUT2D eigenvalue weighted by atomic mass is 9.97. The van der Waals surface area contributed by atoms with E-state index in [1.165, 1.54) is 6.26 Å². The van der Waals surface area contributed by atoms with Gasteiger partial charge < -0.3 is 19.4 Å². The first-order valence-corrected chi connectivity index (χ1v) is 10.0. The summed E-state index contributed by atoms with van der Waals surface area (Å²) in [6.45, 7) is 4.11. The Labute approximate surface area is 179 Å². The fraction of sp³-hybridized carbons (Fsp3) is 0.364. The quantitative estimate of drug-likeness (QED) is 0.709. The lowest BCUT2D eigenvalue weighted by Gasteiger charge is -2.30. The third kappa shape index (κ3) is 5.94. The van der Waals surface area contributed by atoms with Crippen LogP contribution < -0.4 is 10.6 Å². The van der Waals surface area contributed by atoms with Crippen LogP contribution in [0.4, 0.5) is 10.5 Å². The minimum Gasteiger partial charge on any atom is -0.459 e. The number of hydrogen-bond acceptors (Lipinski definition) is 6. The van der Waals surface area contributed by atoms with Crippen molar-refractivity contribution < 1.29 is 28.3 Å². The van der Waals surface area contributed by atoms with Crippen molar-refractivity contribution in [2.24, 2.45) is 5.92 Å². The van der Waals surface area contributed by atoms with Crippen LogP contribution in [-0.4, -0.2) is 48.4 Å². The molecule has 1 aromatic carbocycles. The highest BCUT2D eigenvalue weighted by atomic mass is 16.5. The fourth-order valence-corrected chi connectivity index (χ4v) is 3.27. The zero-order valence-corrected chi connectivity index (χ0v) is 17.5. The lowest BCUT2D eigenvalue weighted by Crippen LogP contribution is -2.41. The number of carbonyl (C=O) groups excluding carboxylic acids is 4. The molecule has 4 amide bonds. The number of aryl methyl sites for hydroxylation is 2. The Kier molecular flexibility index (Phi) is 7.07. The number of ether oxygens (including phenoxy) is 1. The third-order valence-electron chi connectivity index (χ3n) is 5.21. The molecule has 0 spiro atoms. The number of amides is 4. The summed E-state index contributed by atoms with van der Waals surface area (Å²) in [4.78, 5) is 49.9. The number of esters is 1. The zero-order chi connectivity index (χ0) is 22.4. The van der Waals surface area contributed by atoms with Gasteiger partial charge in [-0.1, -0.05) is 6.07 Å². The standard InChI is InChI=1S/C22H25N3O6/c1-14-5-6-17(12-15(14)2)23-22(29)24-19(26)13-31-21(28)16-7-9-25(10-8-16)20(27)18-4-3-11-30-18/h3-6,11-12,16H,7-10,13H2,1-2H3,(H2,23,24,26,29). The maximum absolute atomic E-state index is 12.2. The Balaban J connectivity index is 1.38. The largest absolute Gasteiger partial charge is 0.459 e. The molecule has 2 aromatic rings. The normalized spacial score (nSPS) is 14.1. The van der Waals surface area contributed by atoms with Crippen molar-refractivity contribution in [3.05, 3.63) is 53.5 Å². The number of likely N-dealkylation sites (tertiary alicyclic amines) is 1. The average molecular weight is 427 g/mol. The van der Waals surface area contributed by atoms with Gasteiger partial charge >= 0.3 is 12.0 Å². The van der Waals surface area contributed by atoms with Gasteiger partial charge in [-0.05, 0) is 62.1 Å². The van der Waals surface area contributed by atoms with E-state index in [2.05, 4.69) is 10.6 Å². The van der Waals surface area contributed by atoms with Crippen LogP contribution in [0.1, 0.15) is 34.5 Å². The molecule has 1 saturated heterocycles. The van der Waals surface area contributed by atoms with Crippen molar-refractivity contribution in [3.8, 4) is 0 Å². The van der Waals surface area contributed by atoms with Gasteiger partial charge in [0.1, 0.15) is 0 Å². The monoisotopic (exact) mass is 427 g/mol. The minimum absolute atomic E-state index is 0.217. The van der Waals surface area contributed by atoms with Gasteiger partial charge in [0.05, 0.1) is 12.2 Å². The predicted molar refractivity (Wildman–Crippen MR) is 111 cm³/mol. The maximum Gasteiger partial charge on any atom is 0.325 e. The molecule has 3 rings (SSSR count). The van der Waals surface area contributed by atoms with Crippen LogP contribution in [0.3, 0.4) is 0 Å². The average Bonchev–Trinajstić information content (AvgIpc) is 3.29. The molecular formula is C22H25N3O6. The van der Waals surface area contributed by atoms with Gasteiger partial charge in [-0.3, -0.25) is 19.7 Å². The van der Waals surface area contributed by atoms with Crippen molar-refractivity contribution in [2.75, 3.05) is 25.0 Å². The van der Waals surface area contributed by atoms with E-state index < -0.39 is 30.4 Å². The van der Waals surface area contributed by atoms with Crippen LogP contribution >= 0.6 is 0 Å². The van der Waals surface area contributed by atoms with E-state index in [4.69, 9.17) is 9.15 Å². The minimum atomic E-state index is -0.722. The van der Waals surface area contributed by atoms with Crippen molar-refractivity contribution in [3.63, 3.8) is 0 Å². The highest BCUT2D eigenvalue weighted by molar-refractivity contribution is 6.02. The first kappa shape index (κ1) is 22.1. The van der Waals surface area contributed by atoms with Crippen LogP contribution in [0.25, 0.3) is 0 Å². The first-order valence-electron chi connectivity index (χ1n) is 10.0. The summed E-state index contributed by atoms with van der Waals surface area (Å²) in [6.07, 6.45) is 2.30. The Morgan fingerprint density at radius 1 is 1.10 bits per heavy atom. The zero-order valence-electron chi connectivity index (χ0n) is 17.5. The van der Waals surface area contributed by atoms with Gasteiger partial charge in [0.15, 0.2) is 12.4 Å². The second-order valence-electron chi connectivity index (χ2n) is 7.45. The van der Waals surface area contributed by atoms with Gasteiger partial charge in [-0.2, -0.15) is 0 Å².